The summed E-state index contributed by atoms with van der Waals surface area (Å²) in [6.07, 6.45) is -3.34. The van der Waals surface area contributed by atoms with Gasteiger partial charge in [-0.05, 0) is 30.3 Å². The molecule has 0 aliphatic heterocycles. The maximum Gasteiger partial charge on any atom is 0.417 e. The first kappa shape index (κ1) is 16.6. The molecule has 0 unspecified atom stereocenters. The maximum atomic E-state index is 12.9. The molecule has 126 valence electrons. The van der Waals surface area contributed by atoms with Gasteiger partial charge in [0, 0.05) is 5.39 Å². The van der Waals surface area contributed by atoms with Gasteiger partial charge in [-0.2, -0.15) is 18.3 Å². The number of nitrogens with zero attached hydrogens (tertiary/aromatic N) is 1. The van der Waals surface area contributed by atoms with E-state index in [1.54, 1.807) is 12.1 Å². The number of H-pyrrole nitrogens is 1. The second kappa shape index (κ2) is 5.67. The SMILES string of the molecule is O=S(=O)(Nc1cccc2[nH]ncc12)c1ccc(Cl)c(C(F)(F)F)c1. The van der Waals surface area contributed by atoms with E-state index in [4.69, 9.17) is 11.6 Å². The third-order valence-corrected chi connectivity index (χ3v) is 4.98. The van der Waals surface area contributed by atoms with Gasteiger partial charge in [-0.3, -0.25) is 9.82 Å². The Kier molecular flexibility index (Phi) is 3.92. The van der Waals surface area contributed by atoms with E-state index in [1.165, 1.54) is 12.3 Å². The Labute approximate surface area is 139 Å². The van der Waals surface area contributed by atoms with Gasteiger partial charge in [0.1, 0.15) is 0 Å². The molecule has 10 heteroatoms. The number of halogens is 4. The Morgan fingerprint density at radius 1 is 1.17 bits per heavy atom. The van der Waals surface area contributed by atoms with Crippen LogP contribution in [0, 0.1) is 0 Å². The van der Waals surface area contributed by atoms with Crippen molar-refractivity contribution in [3.8, 4) is 0 Å². The lowest BCUT2D eigenvalue weighted by Crippen LogP contribution is -2.15. The number of benzene rings is 2. The molecule has 1 aromatic heterocycles. The molecule has 0 bridgehead atoms. The average Bonchev–Trinajstić information content (AvgIpc) is 2.95. The van der Waals surface area contributed by atoms with Crippen molar-refractivity contribution < 1.29 is 21.6 Å². The second-order valence-corrected chi connectivity index (χ2v) is 6.97. The van der Waals surface area contributed by atoms with Gasteiger partial charge >= 0.3 is 6.18 Å². The van der Waals surface area contributed by atoms with E-state index < -0.39 is 31.7 Å². The van der Waals surface area contributed by atoms with Crippen molar-refractivity contribution >= 4 is 38.2 Å². The van der Waals surface area contributed by atoms with E-state index in [9.17, 15) is 21.6 Å². The third-order valence-electron chi connectivity index (χ3n) is 3.28. The third kappa shape index (κ3) is 3.04. The zero-order chi connectivity index (χ0) is 17.5. The standard InChI is InChI=1S/C14H9ClF3N3O2S/c15-11-5-4-8(6-10(11)14(16,17)18)24(22,23)21-13-3-1-2-12-9(13)7-19-20-12/h1-7,21H,(H,19,20). The number of aromatic nitrogens is 2. The zero-order valence-electron chi connectivity index (χ0n) is 11.7. The zero-order valence-corrected chi connectivity index (χ0v) is 13.3. The van der Waals surface area contributed by atoms with Crippen LogP contribution < -0.4 is 4.72 Å². The summed E-state index contributed by atoms with van der Waals surface area (Å²) in [5, 5.41) is 6.39. The highest BCUT2D eigenvalue weighted by molar-refractivity contribution is 7.92. The molecular formula is C14H9ClF3N3O2S. The van der Waals surface area contributed by atoms with E-state index in [0.29, 0.717) is 17.0 Å². The van der Waals surface area contributed by atoms with Gasteiger partial charge in [0.05, 0.1) is 32.9 Å². The molecule has 1 heterocycles. The molecule has 0 aliphatic rings. The first-order valence-electron chi connectivity index (χ1n) is 6.50. The molecule has 0 radical (unpaired) electrons. The number of sulfonamides is 1. The normalized spacial score (nSPS) is 12.5. The number of nitrogens with one attached hydrogen (secondary N) is 2. The van der Waals surface area contributed by atoms with Crippen LogP contribution in [0.1, 0.15) is 5.56 Å². The highest BCUT2D eigenvalue weighted by Gasteiger charge is 2.34. The molecule has 0 saturated carbocycles. The van der Waals surface area contributed by atoms with Crippen LogP contribution in [0.5, 0.6) is 0 Å². The number of fused-ring (bicyclic) bond motifs is 1. The Morgan fingerprint density at radius 3 is 2.62 bits per heavy atom. The summed E-state index contributed by atoms with van der Waals surface area (Å²) in [6, 6.07) is 7.16. The molecule has 0 fully saturated rings. The lowest BCUT2D eigenvalue weighted by atomic mass is 10.2. The molecule has 2 N–H and O–H groups in total. The summed E-state index contributed by atoms with van der Waals surface area (Å²) in [6.45, 7) is 0. The predicted molar refractivity (Wildman–Crippen MR) is 83.4 cm³/mol. The van der Waals surface area contributed by atoms with Crippen molar-refractivity contribution in [3.63, 3.8) is 0 Å². The Hall–Kier alpha value is -2.26. The fourth-order valence-electron chi connectivity index (χ4n) is 2.15. The topological polar surface area (TPSA) is 74.8 Å². The molecule has 2 aromatic carbocycles. The van der Waals surface area contributed by atoms with Gasteiger partial charge in [-0.15, -0.1) is 0 Å². The van der Waals surface area contributed by atoms with Crippen molar-refractivity contribution in [1.29, 1.82) is 0 Å². The highest BCUT2D eigenvalue weighted by atomic mass is 35.5. The van der Waals surface area contributed by atoms with Crippen LogP contribution in [-0.2, 0) is 16.2 Å². The number of hydrogen-bond acceptors (Lipinski definition) is 3. The van der Waals surface area contributed by atoms with Crippen LogP contribution >= 0.6 is 11.6 Å². The minimum atomic E-state index is -4.76. The summed E-state index contributed by atoms with van der Waals surface area (Å²) >= 11 is 5.51. The van der Waals surface area contributed by atoms with Crippen LogP contribution in [0.15, 0.2) is 47.5 Å². The number of aromatic amines is 1. The van der Waals surface area contributed by atoms with E-state index in [2.05, 4.69) is 14.9 Å². The number of alkyl halides is 3. The maximum absolute atomic E-state index is 12.9. The van der Waals surface area contributed by atoms with Crippen LogP contribution in [0.3, 0.4) is 0 Å². The lowest BCUT2D eigenvalue weighted by Gasteiger charge is -2.13. The van der Waals surface area contributed by atoms with Gasteiger partial charge in [0.15, 0.2) is 0 Å². The van der Waals surface area contributed by atoms with Gasteiger partial charge in [-0.25, -0.2) is 8.42 Å². The van der Waals surface area contributed by atoms with Crippen molar-refractivity contribution in [2.75, 3.05) is 4.72 Å². The molecule has 0 aliphatic carbocycles. The number of rotatable bonds is 3. The summed E-state index contributed by atoms with van der Waals surface area (Å²) in [4.78, 5) is -0.542. The van der Waals surface area contributed by atoms with E-state index in [1.807, 2.05) is 0 Å². The smallest absolute Gasteiger partial charge is 0.279 e. The van der Waals surface area contributed by atoms with E-state index in [-0.39, 0.29) is 5.69 Å². The Balaban J connectivity index is 2.04. The lowest BCUT2D eigenvalue weighted by molar-refractivity contribution is -0.137. The Bertz CT molecular complexity index is 1020. The van der Waals surface area contributed by atoms with Gasteiger partial charge < -0.3 is 0 Å². The quantitative estimate of drug-likeness (QED) is 0.725. The Morgan fingerprint density at radius 2 is 1.92 bits per heavy atom. The predicted octanol–water partition coefficient (Wildman–Crippen LogP) is 4.04. The fourth-order valence-corrected chi connectivity index (χ4v) is 3.48. The largest absolute Gasteiger partial charge is 0.417 e. The van der Waals surface area contributed by atoms with Gasteiger partial charge in [0.2, 0.25) is 0 Å². The molecule has 0 saturated heterocycles. The van der Waals surface area contributed by atoms with Crippen LogP contribution in [0.25, 0.3) is 10.9 Å². The van der Waals surface area contributed by atoms with Gasteiger partial charge in [-0.1, -0.05) is 17.7 Å². The van der Waals surface area contributed by atoms with E-state index >= 15 is 0 Å². The molecule has 0 atom stereocenters. The van der Waals surface area contributed by atoms with Crippen molar-refractivity contribution in [2.24, 2.45) is 0 Å². The van der Waals surface area contributed by atoms with Crippen LogP contribution in [-0.4, -0.2) is 18.6 Å². The molecule has 3 rings (SSSR count). The molecular weight excluding hydrogens is 367 g/mol. The summed E-state index contributed by atoms with van der Waals surface area (Å²) in [5.74, 6) is 0. The molecule has 0 spiro atoms. The first-order chi connectivity index (χ1) is 11.2. The minimum Gasteiger partial charge on any atom is -0.279 e. The fraction of sp³-hybridized carbons (Fsp3) is 0.0714. The molecule has 0 amide bonds. The first-order valence-corrected chi connectivity index (χ1v) is 8.36. The summed E-state index contributed by atoms with van der Waals surface area (Å²) < 4.78 is 65.8. The van der Waals surface area contributed by atoms with Crippen LogP contribution in [0.4, 0.5) is 18.9 Å². The highest BCUT2D eigenvalue weighted by Crippen LogP contribution is 2.36. The summed E-state index contributed by atoms with van der Waals surface area (Å²) in [5.41, 5.74) is -0.430. The molecule has 5 nitrogen and oxygen atoms in total. The summed E-state index contributed by atoms with van der Waals surface area (Å²) in [7, 11) is -4.23. The monoisotopic (exact) mass is 375 g/mol. The number of anilines is 1. The minimum absolute atomic E-state index is 0.199. The number of hydrogen-bond donors (Lipinski definition) is 2. The van der Waals surface area contributed by atoms with Crippen molar-refractivity contribution in [1.82, 2.24) is 10.2 Å². The van der Waals surface area contributed by atoms with E-state index in [0.717, 1.165) is 12.1 Å². The molecule has 24 heavy (non-hydrogen) atoms. The van der Waals surface area contributed by atoms with Crippen molar-refractivity contribution in [3.05, 3.63) is 53.2 Å². The molecule has 3 aromatic rings. The average molecular weight is 376 g/mol. The van der Waals surface area contributed by atoms with Gasteiger partial charge in [0.25, 0.3) is 10.0 Å². The van der Waals surface area contributed by atoms with Crippen molar-refractivity contribution in [2.45, 2.75) is 11.1 Å². The second-order valence-electron chi connectivity index (χ2n) is 4.88. The van der Waals surface area contributed by atoms with Crippen LogP contribution in [0.2, 0.25) is 5.02 Å².